The van der Waals surface area contributed by atoms with Crippen LogP contribution in [0.2, 0.25) is 0 Å². The molecule has 4 heteroatoms. The zero-order valence-corrected chi connectivity index (χ0v) is 32.8. The van der Waals surface area contributed by atoms with Crippen LogP contribution in [0.25, 0.3) is 110 Å². The number of thiophene rings is 1. The van der Waals surface area contributed by atoms with Gasteiger partial charge in [0.15, 0.2) is 5.82 Å². The largest absolute Gasteiger partial charge is 0.247 e. The van der Waals surface area contributed by atoms with E-state index in [1.165, 1.54) is 47.8 Å². The quantitative estimate of drug-likeness (QED) is 0.162. The van der Waals surface area contributed by atoms with Crippen molar-refractivity contribution >= 4 is 43.1 Å². The van der Waals surface area contributed by atoms with Gasteiger partial charge in [0.2, 0.25) is 0 Å². The fraction of sp³-hybridized carbons (Fsp3) is 0. The molecule has 59 heavy (non-hydrogen) atoms. The monoisotopic (exact) mass is 769 g/mol. The minimum absolute atomic E-state index is 0.706. The number of fused-ring (bicyclic) bond motifs is 4. The van der Waals surface area contributed by atoms with Crippen molar-refractivity contribution in [2.24, 2.45) is 0 Å². The molecule has 0 saturated heterocycles. The Morgan fingerprint density at radius 1 is 0.356 bits per heavy atom. The average molecular weight is 770 g/mol. The minimum atomic E-state index is 0.706. The lowest BCUT2D eigenvalue weighted by molar-refractivity contribution is 1.18. The Morgan fingerprint density at radius 2 is 0.881 bits per heavy atom. The third kappa shape index (κ3) is 6.37. The minimum Gasteiger partial charge on any atom is -0.247 e. The zero-order chi connectivity index (χ0) is 39.1. The normalized spacial score (nSPS) is 11.4. The van der Waals surface area contributed by atoms with Crippen LogP contribution >= 0.6 is 11.3 Å². The maximum Gasteiger partial charge on any atom is 0.160 e. The van der Waals surface area contributed by atoms with Gasteiger partial charge in [-0.25, -0.2) is 15.0 Å². The molecule has 11 aromatic rings. The summed E-state index contributed by atoms with van der Waals surface area (Å²) in [7, 11) is 0. The molecule has 0 spiro atoms. The predicted molar refractivity (Wildman–Crippen MR) is 248 cm³/mol. The van der Waals surface area contributed by atoms with E-state index in [4.69, 9.17) is 15.0 Å². The number of hydrogen-bond donors (Lipinski definition) is 0. The Balaban J connectivity index is 1.11. The van der Waals surface area contributed by atoms with Gasteiger partial charge in [-0.05, 0) is 57.3 Å². The summed E-state index contributed by atoms with van der Waals surface area (Å²) in [4.78, 5) is 16.8. The molecule has 3 aromatic heterocycles. The fourth-order valence-electron chi connectivity index (χ4n) is 8.26. The van der Waals surface area contributed by atoms with Crippen molar-refractivity contribution in [2.45, 2.75) is 0 Å². The molecule has 0 unspecified atom stereocenters. The third-order valence-electron chi connectivity index (χ3n) is 11.1. The summed E-state index contributed by atoms with van der Waals surface area (Å²) in [6.07, 6.45) is 0. The molecule has 276 valence electrons. The molecule has 0 atom stereocenters. The highest BCUT2D eigenvalue weighted by molar-refractivity contribution is 7.24. The van der Waals surface area contributed by atoms with E-state index < -0.39 is 0 Å². The van der Waals surface area contributed by atoms with Gasteiger partial charge in [0.1, 0.15) is 0 Å². The predicted octanol–water partition coefficient (Wildman–Crippen LogP) is 15.1. The molecule has 0 aliphatic carbocycles. The van der Waals surface area contributed by atoms with Crippen molar-refractivity contribution in [3.8, 4) is 77.9 Å². The van der Waals surface area contributed by atoms with Crippen LogP contribution in [-0.4, -0.2) is 15.0 Å². The van der Waals surface area contributed by atoms with Gasteiger partial charge in [0, 0.05) is 48.2 Å². The standard InChI is InChI=1S/C55H35N3S/c1-4-18-37(19-5-1)48-35-49(58-55(57-48)39-22-8-3-9-23-39)42-27-14-25-40(33-42)41-26-15-28-43(34-41)53-50(45-31-16-24-36-17-10-11-29-44(36)45)51-52(38-20-6-2-7-21-38)56-47-32-13-12-30-46(47)54(51)59-53/h1-35H. The zero-order valence-electron chi connectivity index (χ0n) is 32.0. The van der Waals surface area contributed by atoms with Gasteiger partial charge in [-0.3, -0.25) is 0 Å². The first-order chi connectivity index (χ1) is 29.2. The van der Waals surface area contributed by atoms with E-state index in [0.29, 0.717) is 5.82 Å². The number of aromatic nitrogens is 3. The van der Waals surface area contributed by atoms with Crippen LogP contribution in [0.5, 0.6) is 0 Å². The van der Waals surface area contributed by atoms with E-state index in [9.17, 15) is 0 Å². The van der Waals surface area contributed by atoms with E-state index in [2.05, 4.69) is 188 Å². The molecule has 0 saturated carbocycles. The second-order valence-corrected chi connectivity index (χ2v) is 15.8. The van der Waals surface area contributed by atoms with Crippen LogP contribution in [0.1, 0.15) is 0 Å². The van der Waals surface area contributed by atoms with Gasteiger partial charge < -0.3 is 0 Å². The molecule has 0 bridgehead atoms. The van der Waals surface area contributed by atoms with Gasteiger partial charge in [0.25, 0.3) is 0 Å². The molecule has 0 aliphatic rings. The van der Waals surface area contributed by atoms with E-state index >= 15 is 0 Å². The summed E-state index contributed by atoms with van der Waals surface area (Å²) >= 11 is 1.86. The second kappa shape index (κ2) is 14.8. The lowest BCUT2D eigenvalue weighted by atomic mass is 9.91. The smallest absolute Gasteiger partial charge is 0.160 e. The lowest BCUT2D eigenvalue weighted by Gasteiger charge is -2.13. The molecule has 3 heterocycles. The van der Waals surface area contributed by atoms with Crippen LogP contribution in [-0.2, 0) is 0 Å². The first-order valence-corrected chi connectivity index (χ1v) is 20.7. The number of pyridine rings is 1. The van der Waals surface area contributed by atoms with Gasteiger partial charge in [-0.15, -0.1) is 11.3 Å². The number of benzene rings is 8. The SMILES string of the molecule is c1ccc(-c2cc(-c3cccc(-c4cccc(-c5sc6c(c(-c7ccccc7)nc7ccccc76)c5-c5cccc6ccccc56)c4)c3)nc(-c3ccccc3)n2)cc1. The average Bonchev–Trinajstić information content (AvgIpc) is 3.73. The molecule has 0 fully saturated rings. The molecular formula is C55H35N3S. The maximum absolute atomic E-state index is 5.40. The summed E-state index contributed by atoms with van der Waals surface area (Å²) in [6, 6.07) is 75.0. The van der Waals surface area contributed by atoms with Gasteiger partial charge in [0.05, 0.1) is 22.6 Å². The van der Waals surface area contributed by atoms with Crippen molar-refractivity contribution in [3.05, 3.63) is 212 Å². The van der Waals surface area contributed by atoms with Crippen LogP contribution in [0, 0.1) is 0 Å². The molecule has 11 rings (SSSR count). The maximum atomic E-state index is 5.40. The van der Waals surface area contributed by atoms with Crippen molar-refractivity contribution in [3.63, 3.8) is 0 Å². The van der Waals surface area contributed by atoms with Crippen molar-refractivity contribution in [1.82, 2.24) is 15.0 Å². The molecule has 0 amide bonds. The van der Waals surface area contributed by atoms with Crippen LogP contribution in [0.15, 0.2) is 212 Å². The Hall–Kier alpha value is -7.53. The highest BCUT2D eigenvalue weighted by Crippen LogP contribution is 2.51. The Bertz CT molecular complexity index is 3260. The highest BCUT2D eigenvalue weighted by Gasteiger charge is 2.24. The van der Waals surface area contributed by atoms with Crippen molar-refractivity contribution in [2.75, 3.05) is 0 Å². The van der Waals surface area contributed by atoms with Crippen LogP contribution in [0.4, 0.5) is 0 Å². The molecule has 8 aromatic carbocycles. The Labute approximate surface area is 346 Å². The summed E-state index contributed by atoms with van der Waals surface area (Å²) in [5.74, 6) is 0.706. The van der Waals surface area contributed by atoms with E-state index in [0.717, 1.165) is 56.0 Å². The van der Waals surface area contributed by atoms with Crippen molar-refractivity contribution < 1.29 is 0 Å². The third-order valence-corrected chi connectivity index (χ3v) is 12.3. The first kappa shape index (κ1) is 34.7. The first-order valence-electron chi connectivity index (χ1n) is 19.9. The summed E-state index contributed by atoms with van der Waals surface area (Å²) in [5, 5.41) is 4.79. The number of hydrogen-bond acceptors (Lipinski definition) is 4. The van der Waals surface area contributed by atoms with E-state index in [-0.39, 0.29) is 0 Å². The molecule has 0 radical (unpaired) electrons. The summed E-state index contributed by atoms with van der Waals surface area (Å²) in [5.41, 5.74) is 13.8. The molecule has 3 nitrogen and oxygen atoms in total. The second-order valence-electron chi connectivity index (χ2n) is 14.7. The van der Waals surface area contributed by atoms with Gasteiger partial charge in [-0.1, -0.05) is 188 Å². The topological polar surface area (TPSA) is 38.7 Å². The van der Waals surface area contributed by atoms with E-state index in [1.54, 1.807) is 0 Å². The molecule has 0 N–H and O–H groups in total. The van der Waals surface area contributed by atoms with E-state index in [1.807, 2.05) is 35.6 Å². The molecular weight excluding hydrogens is 735 g/mol. The number of para-hydroxylation sites is 1. The number of rotatable bonds is 7. The lowest BCUT2D eigenvalue weighted by Crippen LogP contribution is -1.96. The van der Waals surface area contributed by atoms with Crippen LogP contribution < -0.4 is 0 Å². The Morgan fingerprint density at radius 3 is 1.63 bits per heavy atom. The van der Waals surface area contributed by atoms with Crippen molar-refractivity contribution in [1.29, 1.82) is 0 Å². The number of nitrogens with zero attached hydrogens (tertiary/aromatic N) is 3. The van der Waals surface area contributed by atoms with Crippen LogP contribution in [0.3, 0.4) is 0 Å². The van der Waals surface area contributed by atoms with Gasteiger partial charge in [-0.2, -0.15) is 0 Å². The summed E-state index contributed by atoms with van der Waals surface area (Å²) in [6.45, 7) is 0. The summed E-state index contributed by atoms with van der Waals surface area (Å²) < 4.78 is 1.24. The van der Waals surface area contributed by atoms with Gasteiger partial charge >= 0.3 is 0 Å². The Kier molecular flexibility index (Phi) is 8.68. The molecule has 0 aliphatic heterocycles. The highest BCUT2D eigenvalue weighted by atomic mass is 32.1. The fourth-order valence-corrected chi connectivity index (χ4v) is 9.61.